The molecule has 0 aliphatic heterocycles. The number of rotatable bonds is 3. The normalized spacial score (nSPS) is 12.8. The van der Waals surface area contributed by atoms with Crippen molar-refractivity contribution in [1.29, 1.82) is 0 Å². The second-order valence-corrected chi connectivity index (χ2v) is 5.36. The van der Waals surface area contributed by atoms with Crippen molar-refractivity contribution in [2.24, 2.45) is 0 Å². The van der Waals surface area contributed by atoms with Gasteiger partial charge in [-0.3, -0.25) is 0 Å². The van der Waals surface area contributed by atoms with Crippen molar-refractivity contribution in [3.8, 4) is 0 Å². The fourth-order valence-electron chi connectivity index (χ4n) is 2.13. The molecule has 3 rings (SSSR count). The minimum absolute atomic E-state index is 0.308. The summed E-state index contributed by atoms with van der Waals surface area (Å²) in [7, 11) is 0. The van der Waals surface area contributed by atoms with Gasteiger partial charge in [-0.25, -0.2) is 9.37 Å². The van der Waals surface area contributed by atoms with Crippen LogP contribution >= 0.6 is 15.9 Å². The maximum Gasteiger partial charge on any atom is 0.137 e. The Bertz CT molecular complexity index is 723. The van der Waals surface area contributed by atoms with E-state index in [1.165, 1.54) is 6.07 Å². The molecule has 0 radical (unpaired) electrons. The van der Waals surface area contributed by atoms with E-state index in [9.17, 15) is 9.50 Å². The van der Waals surface area contributed by atoms with E-state index < -0.39 is 6.10 Å². The summed E-state index contributed by atoms with van der Waals surface area (Å²) < 4.78 is 15.7. The maximum absolute atomic E-state index is 13.5. The fourth-order valence-corrected chi connectivity index (χ4v) is 2.56. The number of halogens is 2. The van der Waals surface area contributed by atoms with E-state index in [4.69, 9.17) is 0 Å². The first-order valence-electron chi connectivity index (χ1n) is 6.20. The van der Waals surface area contributed by atoms with Gasteiger partial charge in [-0.1, -0.05) is 18.2 Å². The lowest BCUT2D eigenvalue weighted by Crippen LogP contribution is -2.03. The number of imidazole rings is 1. The first kappa shape index (κ1) is 13.3. The molecule has 0 saturated heterocycles. The van der Waals surface area contributed by atoms with Crippen molar-refractivity contribution in [2.75, 3.05) is 0 Å². The number of hydrogen-bond donors (Lipinski definition) is 1. The Morgan fingerprint density at radius 1 is 1.25 bits per heavy atom. The fraction of sp³-hybridized carbons (Fsp3) is 0.133. The SMILES string of the molecule is OC(Cc1cccc(F)c1Br)c1cn2ccccc2n1. The van der Waals surface area contributed by atoms with Gasteiger partial charge in [-0.2, -0.15) is 0 Å². The molecule has 20 heavy (non-hydrogen) atoms. The van der Waals surface area contributed by atoms with E-state index >= 15 is 0 Å². The first-order valence-corrected chi connectivity index (χ1v) is 6.99. The number of pyridine rings is 1. The molecule has 0 spiro atoms. The van der Waals surface area contributed by atoms with Crippen LogP contribution < -0.4 is 0 Å². The summed E-state index contributed by atoms with van der Waals surface area (Å²) in [5.74, 6) is -0.329. The number of aliphatic hydroxyl groups excluding tert-OH is 1. The van der Waals surface area contributed by atoms with Crippen LogP contribution in [0.5, 0.6) is 0 Å². The van der Waals surface area contributed by atoms with Crippen molar-refractivity contribution < 1.29 is 9.50 Å². The second kappa shape index (κ2) is 5.34. The summed E-state index contributed by atoms with van der Waals surface area (Å²) in [5.41, 5.74) is 2.07. The number of fused-ring (bicyclic) bond motifs is 1. The predicted molar refractivity (Wildman–Crippen MR) is 78.0 cm³/mol. The van der Waals surface area contributed by atoms with Gasteiger partial charge in [-0.05, 0) is 39.7 Å². The van der Waals surface area contributed by atoms with E-state index in [2.05, 4.69) is 20.9 Å². The molecule has 1 unspecified atom stereocenters. The summed E-state index contributed by atoms with van der Waals surface area (Å²) in [5, 5.41) is 10.3. The van der Waals surface area contributed by atoms with Gasteiger partial charge in [0.2, 0.25) is 0 Å². The number of aromatic nitrogens is 2. The molecule has 1 N–H and O–H groups in total. The molecular weight excluding hydrogens is 323 g/mol. The molecule has 1 atom stereocenters. The Hall–Kier alpha value is -1.72. The van der Waals surface area contributed by atoms with Crippen molar-refractivity contribution in [2.45, 2.75) is 12.5 Å². The predicted octanol–water partition coefficient (Wildman–Crippen LogP) is 3.51. The largest absolute Gasteiger partial charge is 0.386 e. The minimum Gasteiger partial charge on any atom is -0.386 e. The average Bonchev–Trinajstić information content (AvgIpc) is 2.88. The Labute approximate surface area is 123 Å². The summed E-state index contributed by atoms with van der Waals surface area (Å²) in [6, 6.07) is 10.5. The monoisotopic (exact) mass is 334 g/mol. The molecule has 2 heterocycles. The van der Waals surface area contributed by atoms with E-state index in [0.717, 1.165) is 11.2 Å². The average molecular weight is 335 g/mol. The third kappa shape index (κ3) is 2.46. The zero-order valence-corrected chi connectivity index (χ0v) is 12.1. The van der Waals surface area contributed by atoms with Gasteiger partial charge in [0.05, 0.1) is 10.2 Å². The van der Waals surface area contributed by atoms with Crippen molar-refractivity contribution in [1.82, 2.24) is 9.38 Å². The summed E-state index contributed by atoms with van der Waals surface area (Å²) in [4.78, 5) is 4.36. The Morgan fingerprint density at radius 2 is 2.10 bits per heavy atom. The van der Waals surface area contributed by atoms with E-state index in [1.807, 2.05) is 28.8 Å². The van der Waals surface area contributed by atoms with Crippen LogP contribution in [0.1, 0.15) is 17.4 Å². The summed E-state index contributed by atoms with van der Waals surface area (Å²) in [6.07, 6.45) is 3.19. The third-order valence-corrected chi connectivity index (χ3v) is 4.06. The van der Waals surface area contributed by atoms with Crippen LogP contribution in [0, 0.1) is 5.82 Å². The highest BCUT2D eigenvalue weighted by Gasteiger charge is 2.15. The third-order valence-electron chi connectivity index (χ3n) is 3.17. The van der Waals surface area contributed by atoms with Crippen LogP contribution in [0.4, 0.5) is 4.39 Å². The highest BCUT2D eigenvalue weighted by Crippen LogP contribution is 2.25. The molecule has 0 aliphatic rings. The number of benzene rings is 1. The molecule has 0 fully saturated rings. The Balaban J connectivity index is 1.89. The van der Waals surface area contributed by atoms with Crippen molar-refractivity contribution in [3.63, 3.8) is 0 Å². The molecular formula is C15H12BrFN2O. The van der Waals surface area contributed by atoms with Crippen LogP contribution in [-0.4, -0.2) is 14.5 Å². The van der Waals surface area contributed by atoms with Crippen LogP contribution in [0.3, 0.4) is 0 Å². The van der Waals surface area contributed by atoms with E-state index in [0.29, 0.717) is 16.6 Å². The molecule has 0 bridgehead atoms. The zero-order valence-electron chi connectivity index (χ0n) is 10.5. The highest BCUT2D eigenvalue weighted by atomic mass is 79.9. The zero-order chi connectivity index (χ0) is 14.1. The standard InChI is InChI=1S/C15H12BrFN2O/c16-15-10(4-3-5-11(15)17)8-13(20)12-9-19-7-2-1-6-14(19)18-12/h1-7,9,13,20H,8H2. The van der Waals surface area contributed by atoms with Gasteiger partial charge in [0.15, 0.2) is 0 Å². The lowest BCUT2D eigenvalue weighted by molar-refractivity contribution is 0.174. The number of hydrogen-bond acceptors (Lipinski definition) is 2. The van der Waals surface area contributed by atoms with Gasteiger partial charge in [-0.15, -0.1) is 0 Å². The van der Waals surface area contributed by atoms with Crippen LogP contribution in [0.2, 0.25) is 0 Å². The highest BCUT2D eigenvalue weighted by molar-refractivity contribution is 9.10. The molecule has 1 aromatic carbocycles. The molecule has 0 aliphatic carbocycles. The lowest BCUT2D eigenvalue weighted by atomic mass is 10.1. The molecule has 5 heteroatoms. The second-order valence-electron chi connectivity index (χ2n) is 4.56. The van der Waals surface area contributed by atoms with Crippen LogP contribution in [-0.2, 0) is 6.42 Å². The quantitative estimate of drug-likeness (QED) is 0.795. The van der Waals surface area contributed by atoms with Gasteiger partial charge in [0.25, 0.3) is 0 Å². The maximum atomic E-state index is 13.5. The van der Waals surface area contributed by atoms with Crippen LogP contribution in [0.15, 0.2) is 53.3 Å². The molecule has 3 aromatic rings. The summed E-state index contributed by atoms with van der Waals surface area (Å²) in [6.45, 7) is 0. The summed E-state index contributed by atoms with van der Waals surface area (Å²) >= 11 is 3.20. The number of aliphatic hydroxyl groups is 1. The topological polar surface area (TPSA) is 37.5 Å². The lowest BCUT2D eigenvalue weighted by Gasteiger charge is -2.09. The first-order chi connectivity index (χ1) is 9.65. The van der Waals surface area contributed by atoms with E-state index in [-0.39, 0.29) is 5.82 Å². The van der Waals surface area contributed by atoms with Crippen LogP contribution in [0.25, 0.3) is 5.65 Å². The number of nitrogens with zero attached hydrogens (tertiary/aromatic N) is 2. The molecule has 0 amide bonds. The van der Waals surface area contributed by atoms with Gasteiger partial charge >= 0.3 is 0 Å². The smallest absolute Gasteiger partial charge is 0.137 e. The molecule has 102 valence electrons. The van der Waals surface area contributed by atoms with E-state index in [1.54, 1.807) is 18.3 Å². The van der Waals surface area contributed by atoms with Crippen molar-refractivity contribution in [3.05, 3.63) is 70.3 Å². The Kier molecular flexibility index (Phi) is 3.54. The van der Waals surface area contributed by atoms with Crippen molar-refractivity contribution >= 4 is 21.6 Å². The van der Waals surface area contributed by atoms with Gasteiger partial charge in [0.1, 0.15) is 17.6 Å². The molecule has 2 aromatic heterocycles. The van der Waals surface area contributed by atoms with Gasteiger partial charge < -0.3 is 9.51 Å². The minimum atomic E-state index is -0.770. The molecule has 0 saturated carbocycles. The Morgan fingerprint density at radius 3 is 2.90 bits per heavy atom. The molecule has 3 nitrogen and oxygen atoms in total. The van der Waals surface area contributed by atoms with Gasteiger partial charge in [0, 0.05) is 18.8 Å².